The lowest BCUT2D eigenvalue weighted by Crippen LogP contribution is -2.24. The molecule has 1 atom stereocenters. The van der Waals surface area contributed by atoms with Gasteiger partial charge in [-0.05, 0) is 30.9 Å². The molecular formula is C12H20N6S. The average Bonchev–Trinajstić information content (AvgIpc) is 3.03. The van der Waals surface area contributed by atoms with Gasteiger partial charge in [-0.15, -0.1) is 10.2 Å². The first-order valence-corrected chi connectivity index (χ1v) is 7.41. The Morgan fingerprint density at radius 3 is 2.84 bits per heavy atom. The maximum Gasteiger partial charge on any atom is 0.0846 e. The highest BCUT2D eigenvalue weighted by atomic mass is 32.1. The van der Waals surface area contributed by atoms with Crippen LogP contribution in [-0.4, -0.2) is 31.1 Å². The molecule has 104 valence electrons. The molecule has 0 aliphatic rings. The van der Waals surface area contributed by atoms with Crippen LogP contribution in [-0.2, 0) is 19.9 Å². The largest absolute Gasteiger partial charge is 0.309 e. The Kier molecular flexibility index (Phi) is 4.98. The summed E-state index contributed by atoms with van der Waals surface area (Å²) in [5, 5.41) is 15.9. The number of nitrogens with zero attached hydrogens (tertiary/aromatic N) is 5. The summed E-state index contributed by atoms with van der Waals surface area (Å²) in [5.41, 5.74) is 2.08. The zero-order valence-corrected chi connectivity index (χ0v) is 12.4. The van der Waals surface area contributed by atoms with Gasteiger partial charge in [0.25, 0.3) is 0 Å². The predicted octanol–water partition coefficient (Wildman–Crippen LogP) is 1.51. The van der Waals surface area contributed by atoms with E-state index in [2.05, 4.69) is 39.1 Å². The van der Waals surface area contributed by atoms with Crippen LogP contribution in [0.2, 0.25) is 0 Å². The summed E-state index contributed by atoms with van der Waals surface area (Å²) in [5.74, 6) is 0. The number of rotatable bonds is 7. The molecule has 2 rings (SSSR count). The molecule has 0 aliphatic heterocycles. The number of hydrogen-bond acceptors (Lipinski definition) is 6. The molecule has 0 saturated carbocycles. The second kappa shape index (κ2) is 6.72. The van der Waals surface area contributed by atoms with E-state index in [-0.39, 0.29) is 6.04 Å². The van der Waals surface area contributed by atoms with Crippen molar-refractivity contribution in [3.05, 3.63) is 22.5 Å². The van der Waals surface area contributed by atoms with E-state index in [0.717, 1.165) is 37.2 Å². The lowest BCUT2D eigenvalue weighted by atomic mass is 10.1. The Labute approximate surface area is 117 Å². The zero-order valence-electron chi connectivity index (χ0n) is 11.6. The maximum atomic E-state index is 4.20. The van der Waals surface area contributed by atoms with Gasteiger partial charge in [-0.2, -0.15) is 0 Å². The van der Waals surface area contributed by atoms with E-state index in [4.69, 9.17) is 0 Å². The van der Waals surface area contributed by atoms with E-state index in [0.29, 0.717) is 0 Å². The lowest BCUT2D eigenvalue weighted by molar-refractivity contribution is 0.527. The fourth-order valence-electron chi connectivity index (χ4n) is 2.00. The summed E-state index contributed by atoms with van der Waals surface area (Å²) >= 11 is 1.48. The molecular weight excluding hydrogens is 260 g/mol. The summed E-state index contributed by atoms with van der Waals surface area (Å²) in [6.45, 7) is 5.25. The summed E-state index contributed by atoms with van der Waals surface area (Å²) in [7, 11) is 1.89. The minimum absolute atomic E-state index is 0.228. The van der Waals surface area contributed by atoms with E-state index in [1.54, 1.807) is 4.68 Å². The summed E-state index contributed by atoms with van der Waals surface area (Å²) in [6, 6.07) is 0.228. The molecule has 0 aliphatic carbocycles. The normalized spacial score (nSPS) is 12.8. The van der Waals surface area contributed by atoms with Gasteiger partial charge >= 0.3 is 0 Å². The topological polar surface area (TPSA) is 68.5 Å². The molecule has 2 aromatic rings. The van der Waals surface area contributed by atoms with Crippen molar-refractivity contribution in [2.45, 2.75) is 39.2 Å². The third kappa shape index (κ3) is 3.57. The molecule has 0 amide bonds. The van der Waals surface area contributed by atoms with E-state index in [1.165, 1.54) is 16.4 Å². The highest BCUT2D eigenvalue weighted by Crippen LogP contribution is 2.23. The monoisotopic (exact) mass is 280 g/mol. The Morgan fingerprint density at radius 1 is 1.37 bits per heavy atom. The average molecular weight is 280 g/mol. The number of nitrogens with one attached hydrogen (secondary N) is 1. The number of aryl methyl sites for hydroxylation is 2. The van der Waals surface area contributed by atoms with Crippen LogP contribution in [0.25, 0.3) is 0 Å². The van der Waals surface area contributed by atoms with Crippen LogP contribution >= 0.6 is 11.5 Å². The molecule has 2 aromatic heterocycles. The first kappa shape index (κ1) is 14.1. The van der Waals surface area contributed by atoms with Crippen LogP contribution in [0.5, 0.6) is 0 Å². The van der Waals surface area contributed by atoms with Crippen LogP contribution in [0.1, 0.15) is 42.6 Å². The minimum atomic E-state index is 0.228. The van der Waals surface area contributed by atoms with E-state index in [1.807, 2.05) is 13.2 Å². The highest BCUT2D eigenvalue weighted by Gasteiger charge is 2.19. The molecule has 0 bridgehead atoms. The maximum absolute atomic E-state index is 4.20. The van der Waals surface area contributed by atoms with Gasteiger partial charge in [0.15, 0.2) is 0 Å². The number of hydrogen-bond donors (Lipinski definition) is 1. The zero-order chi connectivity index (χ0) is 13.7. The van der Waals surface area contributed by atoms with Gasteiger partial charge in [-0.1, -0.05) is 23.5 Å². The van der Waals surface area contributed by atoms with E-state index >= 15 is 0 Å². The van der Waals surface area contributed by atoms with Gasteiger partial charge in [-0.3, -0.25) is 4.68 Å². The molecule has 1 N–H and O–H groups in total. The van der Waals surface area contributed by atoms with Crippen LogP contribution < -0.4 is 5.32 Å². The molecule has 1 unspecified atom stereocenters. The van der Waals surface area contributed by atoms with Crippen molar-refractivity contribution in [2.75, 3.05) is 6.54 Å². The molecule has 0 saturated heterocycles. The quantitative estimate of drug-likeness (QED) is 0.832. The molecule has 0 spiro atoms. The smallest absolute Gasteiger partial charge is 0.0846 e. The minimum Gasteiger partial charge on any atom is -0.309 e. The van der Waals surface area contributed by atoms with Gasteiger partial charge < -0.3 is 5.32 Å². The second-order valence-corrected chi connectivity index (χ2v) is 5.32. The van der Waals surface area contributed by atoms with Crippen molar-refractivity contribution in [1.82, 2.24) is 29.9 Å². The molecule has 2 heterocycles. The summed E-state index contributed by atoms with van der Waals surface area (Å²) in [4.78, 5) is 1.22. The van der Waals surface area contributed by atoms with Crippen molar-refractivity contribution < 1.29 is 0 Å². The molecule has 0 fully saturated rings. The van der Waals surface area contributed by atoms with E-state index < -0.39 is 0 Å². The SMILES string of the molecule is CCCNC(Cc1cn(C)nn1)c1snnc1CC. The van der Waals surface area contributed by atoms with Gasteiger partial charge in [0, 0.05) is 19.7 Å². The Balaban J connectivity index is 2.15. The van der Waals surface area contributed by atoms with Gasteiger partial charge in [0.1, 0.15) is 0 Å². The Morgan fingerprint density at radius 2 is 2.21 bits per heavy atom. The molecule has 0 radical (unpaired) electrons. The van der Waals surface area contributed by atoms with Crippen molar-refractivity contribution in [3.63, 3.8) is 0 Å². The van der Waals surface area contributed by atoms with Crippen molar-refractivity contribution in [3.8, 4) is 0 Å². The molecule has 6 nitrogen and oxygen atoms in total. The first-order valence-electron chi connectivity index (χ1n) is 6.64. The van der Waals surface area contributed by atoms with Crippen molar-refractivity contribution in [2.24, 2.45) is 7.05 Å². The van der Waals surface area contributed by atoms with Crippen LogP contribution in [0.3, 0.4) is 0 Å². The van der Waals surface area contributed by atoms with Gasteiger partial charge in [0.2, 0.25) is 0 Å². The molecule has 19 heavy (non-hydrogen) atoms. The van der Waals surface area contributed by atoms with Gasteiger partial charge in [-0.25, -0.2) is 0 Å². The molecule has 7 heteroatoms. The Hall–Kier alpha value is -1.34. The third-order valence-corrected chi connectivity index (χ3v) is 3.82. The van der Waals surface area contributed by atoms with Crippen LogP contribution in [0, 0.1) is 0 Å². The fourth-order valence-corrected chi connectivity index (χ4v) is 2.81. The highest BCUT2D eigenvalue weighted by molar-refractivity contribution is 7.05. The predicted molar refractivity (Wildman–Crippen MR) is 75.0 cm³/mol. The second-order valence-electron chi connectivity index (χ2n) is 4.53. The van der Waals surface area contributed by atoms with Gasteiger partial charge in [0.05, 0.1) is 22.3 Å². The van der Waals surface area contributed by atoms with Crippen LogP contribution in [0.4, 0.5) is 0 Å². The van der Waals surface area contributed by atoms with E-state index in [9.17, 15) is 0 Å². The van der Waals surface area contributed by atoms with Crippen LogP contribution in [0.15, 0.2) is 6.20 Å². The lowest BCUT2D eigenvalue weighted by Gasteiger charge is -2.16. The third-order valence-electron chi connectivity index (χ3n) is 2.94. The molecule has 0 aromatic carbocycles. The first-order chi connectivity index (χ1) is 9.24. The van der Waals surface area contributed by atoms with Crippen molar-refractivity contribution in [1.29, 1.82) is 0 Å². The fraction of sp³-hybridized carbons (Fsp3) is 0.667. The number of aromatic nitrogens is 5. The van der Waals surface area contributed by atoms with Crippen molar-refractivity contribution >= 4 is 11.5 Å². The summed E-state index contributed by atoms with van der Waals surface area (Å²) in [6.07, 6.45) is 4.80. The standard InChI is InChI=1S/C12H20N6S/c1-4-6-13-11(7-9-8-18(3)16-14-9)12-10(5-2)15-17-19-12/h8,11,13H,4-7H2,1-3H3. The Bertz CT molecular complexity index is 506. The summed E-state index contributed by atoms with van der Waals surface area (Å²) < 4.78 is 5.81.